The van der Waals surface area contributed by atoms with Crippen LogP contribution in [0.5, 0.6) is 0 Å². The number of nitrogens with zero attached hydrogens (tertiary/aromatic N) is 3. The Kier molecular flexibility index (Phi) is 5.03. The van der Waals surface area contributed by atoms with Crippen molar-refractivity contribution in [3.05, 3.63) is 67.9 Å². The first-order valence-corrected chi connectivity index (χ1v) is 7.29. The molecule has 0 atom stereocenters. The predicted molar refractivity (Wildman–Crippen MR) is 84.9 cm³/mol. The van der Waals surface area contributed by atoms with E-state index in [9.17, 15) is 10.1 Å². The summed E-state index contributed by atoms with van der Waals surface area (Å²) < 4.78 is 0.541. The van der Waals surface area contributed by atoms with Gasteiger partial charge in [0.25, 0.3) is 5.69 Å². The molecule has 0 saturated carbocycles. The normalized spacial score (nSPS) is 10.9. The van der Waals surface area contributed by atoms with Crippen molar-refractivity contribution in [2.24, 2.45) is 0 Å². The standard InChI is InChI=1S/C15H16BrN3O2/c1-11-5-3-7-13(17-11)10-18(2)9-12-6-4-8-14(15(12)16)19(20)21/h3-8H,9-10H2,1-2H3. The van der Waals surface area contributed by atoms with Crippen LogP contribution in [-0.4, -0.2) is 21.9 Å². The zero-order valence-corrected chi connectivity index (χ0v) is 13.5. The number of benzene rings is 1. The van der Waals surface area contributed by atoms with Gasteiger partial charge in [-0.1, -0.05) is 18.2 Å². The second-order valence-corrected chi connectivity index (χ2v) is 5.74. The minimum atomic E-state index is -0.379. The van der Waals surface area contributed by atoms with E-state index in [0.29, 0.717) is 17.6 Å². The van der Waals surface area contributed by atoms with Gasteiger partial charge >= 0.3 is 0 Å². The lowest BCUT2D eigenvalue weighted by molar-refractivity contribution is -0.385. The van der Waals surface area contributed by atoms with Gasteiger partial charge < -0.3 is 0 Å². The van der Waals surface area contributed by atoms with Crippen LogP contribution < -0.4 is 0 Å². The van der Waals surface area contributed by atoms with Crippen molar-refractivity contribution in [1.82, 2.24) is 9.88 Å². The van der Waals surface area contributed by atoms with Crippen molar-refractivity contribution in [1.29, 1.82) is 0 Å². The van der Waals surface area contributed by atoms with E-state index in [-0.39, 0.29) is 10.6 Å². The number of hydrogen-bond acceptors (Lipinski definition) is 4. The number of pyridine rings is 1. The third-order valence-electron chi connectivity index (χ3n) is 3.07. The summed E-state index contributed by atoms with van der Waals surface area (Å²) in [4.78, 5) is 17.1. The monoisotopic (exact) mass is 349 g/mol. The Bertz CT molecular complexity index is 661. The molecule has 0 spiro atoms. The van der Waals surface area contributed by atoms with Gasteiger partial charge in [-0.2, -0.15) is 0 Å². The van der Waals surface area contributed by atoms with Crippen molar-refractivity contribution in [3.63, 3.8) is 0 Å². The lowest BCUT2D eigenvalue weighted by atomic mass is 10.2. The number of hydrogen-bond donors (Lipinski definition) is 0. The molecule has 5 nitrogen and oxygen atoms in total. The molecule has 1 heterocycles. The molecule has 1 aromatic carbocycles. The molecule has 0 aliphatic heterocycles. The molecule has 0 amide bonds. The van der Waals surface area contributed by atoms with Crippen LogP contribution in [0, 0.1) is 17.0 Å². The van der Waals surface area contributed by atoms with E-state index in [1.165, 1.54) is 6.07 Å². The molecule has 2 rings (SSSR count). The maximum Gasteiger partial charge on any atom is 0.283 e. The molecule has 1 aromatic heterocycles. The van der Waals surface area contributed by atoms with E-state index in [2.05, 4.69) is 25.8 Å². The average Bonchev–Trinajstić information content (AvgIpc) is 2.40. The van der Waals surface area contributed by atoms with Crippen LogP contribution in [0.15, 0.2) is 40.9 Å². The zero-order valence-electron chi connectivity index (χ0n) is 11.9. The minimum absolute atomic E-state index is 0.0922. The van der Waals surface area contributed by atoms with Crippen molar-refractivity contribution in [3.8, 4) is 0 Å². The van der Waals surface area contributed by atoms with Gasteiger partial charge in [0.15, 0.2) is 0 Å². The van der Waals surface area contributed by atoms with Crippen molar-refractivity contribution >= 4 is 21.6 Å². The van der Waals surface area contributed by atoms with E-state index < -0.39 is 0 Å². The van der Waals surface area contributed by atoms with Gasteiger partial charge in [0.05, 0.1) is 15.1 Å². The molecule has 0 radical (unpaired) electrons. The molecule has 0 fully saturated rings. The summed E-state index contributed by atoms with van der Waals surface area (Å²) in [5.41, 5.74) is 2.95. The molecule has 0 bridgehead atoms. The van der Waals surface area contributed by atoms with Crippen molar-refractivity contribution in [2.45, 2.75) is 20.0 Å². The SMILES string of the molecule is Cc1cccc(CN(C)Cc2cccc([N+](=O)[O-])c2Br)n1. The van der Waals surface area contributed by atoms with Crippen LogP contribution in [0.3, 0.4) is 0 Å². The molecule has 2 aromatic rings. The fourth-order valence-corrected chi connectivity index (χ4v) is 2.67. The minimum Gasteiger partial charge on any atom is -0.296 e. The zero-order chi connectivity index (χ0) is 15.4. The van der Waals surface area contributed by atoms with E-state index in [1.54, 1.807) is 6.07 Å². The highest BCUT2D eigenvalue weighted by Crippen LogP contribution is 2.29. The number of nitro groups is 1. The summed E-state index contributed by atoms with van der Waals surface area (Å²) in [5, 5.41) is 10.9. The van der Waals surface area contributed by atoms with Crippen LogP contribution in [0.1, 0.15) is 17.0 Å². The molecule has 0 aliphatic rings. The Morgan fingerprint density at radius 1 is 1.24 bits per heavy atom. The van der Waals surface area contributed by atoms with Gasteiger partial charge in [-0.3, -0.25) is 20.0 Å². The molecule has 0 aliphatic carbocycles. The van der Waals surface area contributed by atoms with E-state index >= 15 is 0 Å². The number of aromatic nitrogens is 1. The lowest BCUT2D eigenvalue weighted by Crippen LogP contribution is -2.18. The summed E-state index contributed by atoms with van der Waals surface area (Å²) in [5.74, 6) is 0. The van der Waals surface area contributed by atoms with Crippen LogP contribution in [-0.2, 0) is 13.1 Å². The highest BCUT2D eigenvalue weighted by molar-refractivity contribution is 9.10. The fraction of sp³-hybridized carbons (Fsp3) is 0.267. The van der Waals surface area contributed by atoms with Crippen LogP contribution >= 0.6 is 15.9 Å². The number of halogens is 1. The first-order valence-electron chi connectivity index (χ1n) is 6.50. The summed E-state index contributed by atoms with van der Waals surface area (Å²) >= 11 is 3.32. The maximum absolute atomic E-state index is 10.9. The van der Waals surface area contributed by atoms with E-state index in [0.717, 1.165) is 17.0 Å². The molecule has 0 saturated heterocycles. The van der Waals surface area contributed by atoms with Gasteiger partial charge in [-0.15, -0.1) is 0 Å². The number of nitro benzene ring substituents is 1. The lowest BCUT2D eigenvalue weighted by Gasteiger charge is -2.17. The first-order chi connectivity index (χ1) is 9.97. The summed E-state index contributed by atoms with van der Waals surface area (Å²) in [6.07, 6.45) is 0. The van der Waals surface area contributed by atoms with Gasteiger partial charge in [0, 0.05) is 24.8 Å². The molecule has 110 valence electrons. The topological polar surface area (TPSA) is 59.3 Å². The Morgan fingerprint density at radius 2 is 1.95 bits per heavy atom. The molecule has 0 unspecified atom stereocenters. The highest BCUT2D eigenvalue weighted by atomic mass is 79.9. The van der Waals surface area contributed by atoms with Crippen LogP contribution in [0.25, 0.3) is 0 Å². The molecule has 21 heavy (non-hydrogen) atoms. The second kappa shape index (κ2) is 6.78. The third kappa shape index (κ3) is 4.09. The van der Waals surface area contributed by atoms with E-state index in [1.807, 2.05) is 38.2 Å². The quantitative estimate of drug-likeness (QED) is 0.610. The summed E-state index contributed by atoms with van der Waals surface area (Å²) in [6, 6.07) is 11.0. The predicted octanol–water partition coefficient (Wildman–Crippen LogP) is 3.69. The van der Waals surface area contributed by atoms with Crippen molar-refractivity contribution < 1.29 is 4.92 Å². The number of aryl methyl sites for hydroxylation is 1. The molecule has 6 heteroatoms. The highest BCUT2D eigenvalue weighted by Gasteiger charge is 2.15. The fourth-order valence-electron chi connectivity index (χ4n) is 2.14. The Hall–Kier alpha value is -1.79. The average molecular weight is 350 g/mol. The summed E-state index contributed by atoms with van der Waals surface area (Å²) in [6.45, 7) is 3.26. The van der Waals surface area contributed by atoms with Crippen LogP contribution in [0.4, 0.5) is 5.69 Å². The number of rotatable bonds is 5. The van der Waals surface area contributed by atoms with Crippen molar-refractivity contribution in [2.75, 3.05) is 7.05 Å². The molecular formula is C15H16BrN3O2. The van der Waals surface area contributed by atoms with Gasteiger partial charge in [0.2, 0.25) is 0 Å². The third-order valence-corrected chi connectivity index (χ3v) is 3.99. The first kappa shape index (κ1) is 15.6. The van der Waals surface area contributed by atoms with Crippen LogP contribution in [0.2, 0.25) is 0 Å². The van der Waals surface area contributed by atoms with E-state index in [4.69, 9.17) is 0 Å². The Labute approximate surface area is 131 Å². The van der Waals surface area contributed by atoms with Gasteiger partial charge in [-0.25, -0.2) is 0 Å². The maximum atomic E-state index is 10.9. The second-order valence-electron chi connectivity index (χ2n) is 4.95. The Morgan fingerprint density at radius 3 is 2.62 bits per heavy atom. The summed E-state index contributed by atoms with van der Waals surface area (Å²) in [7, 11) is 1.97. The van der Waals surface area contributed by atoms with Gasteiger partial charge in [-0.05, 0) is 47.6 Å². The Balaban J connectivity index is 2.11. The molecule has 0 N–H and O–H groups in total. The largest absolute Gasteiger partial charge is 0.296 e. The molecular weight excluding hydrogens is 334 g/mol. The smallest absolute Gasteiger partial charge is 0.283 e. The van der Waals surface area contributed by atoms with Gasteiger partial charge in [0.1, 0.15) is 0 Å².